The summed E-state index contributed by atoms with van der Waals surface area (Å²) in [6.07, 6.45) is 0.966. The van der Waals surface area contributed by atoms with Crippen molar-refractivity contribution >= 4 is 27.5 Å². The molecule has 0 aliphatic rings. The average molecular weight is 329 g/mol. The van der Waals surface area contributed by atoms with Crippen LogP contribution in [0.1, 0.15) is 18.7 Å². The van der Waals surface area contributed by atoms with Gasteiger partial charge < -0.3 is 9.84 Å². The molecule has 1 N–H and O–H groups in total. The van der Waals surface area contributed by atoms with Gasteiger partial charge in [-0.3, -0.25) is 4.98 Å². The van der Waals surface area contributed by atoms with Gasteiger partial charge in [0.15, 0.2) is 0 Å². The number of benzene rings is 1. The van der Waals surface area contributed by atoms with Crippen molar-refractivity contribution in [1.29, 1.82) is 0 Å². The number of hydrogen-bond acceptors (Lipinski definition) is 3. The molecule has 1 heterocycles. The van der Waals surface area contributed by atoms with E-state index in [4.69, 9.17) is 16.3 Å². The van der Waals surface area contributed by atoms with E-state index in [0.29, 0.717) is 22.2 Å². The fraction of sp³-hybridized carbons (Fsp3) is 0.154. The van der Waals surface area contributed by atoms with Gasteiger partial charge in [-0.2, -0.15) is 0 Å². The molecule has 0 saturated carbocycles. The van der Waals surface area contributed by atoms with E-state index in [1.54, 1.807) is 37.4 Å². The second-order valence-corrected chi connectivity index (χ2v) is 5.09. The van der Waals surface area contributed by atoms with Crippen molar-refractivity contribution in [3.05, 3.63) is 51.7 Å². The van der Waals surface area contributed by atoms with Crippen LogP contribution in [-0.2, 0) is 0 Å². The van der Waals surface area contributed by atoms with E-state index < -0.39 is 6.10 Å². The quantitative estimate of drug-likeness (QED) is 0.911. The molecule has 1 atom stereocenters. The minimum absolute atomic E-state index is 0.526. The largest absolute Gasteiger partial charge is 0.454 e. The Morgan fingerprint density at radius 1 is 1.33 bits per heavy atom. The number of rotatable bonds is 3. The molecule has 94 valence electrons. The predicted octanol–water partition coefficient (Wildman–Crippen LogP) is 4.34. The number of halogens is 2. The van der Waals surface area contributed by atoms with Gasteiger partial charge in [0.2, 0.25) is 0 Å². The highest BCUT2D eigenvalue weighted by molar-refractivity contribution is 9.10. The van der Waals surface area contributed by atoms with E-state index in [2.05, 4.69) is 20.9 Å². The summed E-state index contributed by atoms with van der Waals surface area (Å²) in [4.78, 5) is 4.10. The average Bonchev–Trinajstić information content (AvgIpc) is 2.34. The summed E-state index contributed by atoms with van der Waals surface area (Å²) in [6, 6.07) is 8.83. The first-order valence-corrected chi connectivity index (χ1v) is 6.50. The second kappa shape index (κ2) is 5.69. The first kappa shape index (κ1) is 13.3. The van der Waals surface area contributed by atoms with Gasteiger partial charge in [-0.15, -0.1) is 0 Å². The number of hydrogen-bond donors (Lipinski definition) is 1. The van der Waals surface area contributed by atoms with Gasteiger partial charge in [-0.25, -0.2) is 0 Å². The minimum Gasteiger partial charge on any atom is -0.454 e. The highest BCUT2D eigenvalue weighted by Gasteiger charge is 2.06. The Labute approximate surface area is 119 Å². The summed E-state index contributed by atoms with van der Waals surface area (Å²) in [7, 11) is 0. The van der Waals surface area contributed by atoms with E-state index in [1.165, 1.54) is 0 Å². The molecule has 0 fully saturated rings. The number of aliphatic hydroxyl groups is 1. The van der Waals surface area contributed by atoms with Crippen molar-refractivity contribution < 1.29 is 9.84 Å². The Hall–Kier alpha value is -1.10. The number of ether oxygens (including phenoxy) is 1. The molecule has 3 nitrogen and oxygen atoms in total. The second-order valence-electron chi connectivity index (χ2n) is 3.77. The van der Waals surface area contributed by atoms with Gasteiger partial charge in [0.05, 0.1) is 23.0 Å². The lowest BCUT2D eigenvalue weighted by Gasteiger charge is -2.09. The SMILES string of the molecule is C[C@H](O)c1ccc(Oc2cc(Br)ccc2Cl)cn1. The van der Waals surface area contributed by atoms with Gasteiger partial charge >= 0.3 is 0 Å². The highest BCUT2D eigenvalue weighted by Crippen LogP contribution is 2.31. The fourth-order valence-corrected chi connectivity index (χ4v) is 1.88. The molecule has 1 aromatic heterocycles. The topological polar surface area (TPSA) is 42.4 Å². The molecule has 0 spiro atoms. The minimum atomic E-state index is -0.589. The van der Waals surface area contributed by atoms with Crippen LogP contribution in [0.4, 0.5) is 0 Å². The van der Waals surface area contributed by atoms with Crippen LogP contribution in [0.25, 0.3) is 0 Å². The van der Waals surface area contributed by atoms with E-state index in [0.717, 1.165) is 4.47 Å². The zero-order chi connectivity index (χ0) is 13.1. The summed E-state index contributed by atoms with van der Waals surface area (Å²) < 4.78 is 6.50. The first-order valence-electron chi connectivity index (χ1n) is 5.33. The molecule has 0 aliphatic heterocycles. The Morgan fingerprint density at radius 3 is 2.72 bits per heavy atom. The summed E-state index contributed by atoms with van der Waals surface area (Å²) in [5.41, 5.74) is 0.600. The predicted molar refractivity (Wildman–Crippen MR) is 74.1 cm³/mol. The number of aliphatic hydroxyl groups excluding tert-OH is 1. The Bertz CT molecular complexity index is 543. The summed E-state index contributed by atoms with van der Waals surface area (Å²) in [5.74, 6) is 1.12. The summed E-state index contributed by atoms with van der Waals surface area (Å²) >= 11 is 9.37. The Balaban J connectivity index is 2.21. The first-order chi connectivity index (χ1) is 8.56. The van der Waals surface area contributed by atoms with Crippen molar-refractivity contribution in [3.63, 3.8) is 0 Å². The molecule has 0 unspecified atom stereocenters. The standard InChI is InChI=1S/C13H11BrClNO2/c1-8(17)12-5-3-10(7-16-12)18-13-6-9(14)2-4-11(13)15/h2-8,17H,1H3/t8-/m0/s1. The van der Waals surface area contributed by atoms with Crippen molar-refractivity contribution in [2.45, 2.75) is 13.0 Å². The maximum Gasteiger partial charge on any atom is 0.147 e. The van der Waals surface area contributed by atoms with Gasteiger partial charge in [-0.05, 0) is 37.3 Å². The molecule has 0 saturated heterocycles. The van der Waals surface area contributed by atoms with E-state index in [9.17, 15) is 5.11 Å². The maximum absolute atomic E-state index is 9.35. The number of aromatic nitrogens is 1. The maximum atomic E-state index is 9.35. The highest BCUT2D eigenvalue weighted by atomic mass is 79.9. The molecular weight excluding hydrogens is 318 g/mol. The third kappa shape index (κ3) is 3.22. The molecule has 2 rings (SSSR count). The van der Waals surface area contributed by atoms with Crippen molar-refractivity contribution in [1.82, 2.24) is 4.98 Å². The molecule has 0 bridgehead atoms. The van der Waals surface area contributed by atoms with Crippen LogP contribution in [0.15, 0.2) is 41.0 Å². The molecule has 2 aromatic rings. The van der Waals surface area contributed by atoms with E-state index in [1.807, 2.05) is 6.07 Å². The monoisotopic (exact) mass is 327 g/mol. The van der Waals surface area contributed by atoms with Crippen LogP contribution in [-0.4, -0.2) is 10.1 Å². The van der Waals surface area contributed by atoms with Crippen LogP contribution in [0.5, 0.6) is 11.5 Å². The summed E-state index contributed by atoms with van der Waals surface area (Å²) in [6.45, 7) is 1.66. The molecule has 0 aliphatic carbocycles. The van der Waals surface area contributed by atoms with Gasteiger partial charge in [0, 0.05) is 4.47 Å². The normalized spacial score (nSPS) is 12.2. The van der Waals surface area contributed by atoms with E-state index in [-0.39, 0.29) is 0 Å². The van der Waals surface area contributed by atoms with Gasteiger partial charge in [0.25, 0.3) is 0 Å². The van der Waals surface area contributed by atoms with Crippen LogP contribution in [0, 0.1) is 0 Å². The van der Waals surface area contributed by atoms with Crippen LogP contribution >= 0.6 is 27.5 Å². The Morgan fingerprint density at radius 2 is 2.11 bits per heavy atom. The lowest BCUT2D eigenvalue weighted by molar-refractivity contribution is 0.194. The van der Waals surface area contributed by atoms with Crippen LogP contribution in [0.3, 0.4) is 0 Å². The van der Waals surface area contributed by atoms with Crippen LogP contribution < -0.4 is 4.74 Å². The molecule has 0 amide bonds. The number of nitrogens with zero attached hydrogens (tertiary/aromatic N) is 1. The number of pyridine rings is 1. The van der Waals surface area contributed by atoms with Crippen LogP contribution in [0.2, 0.25) is 5.02 Å². The smallest absolute Gasteiger partial charge is 0.147 e. The molecule has 18 heavy (non-hydrogen) atoms. The third-order valence-corrected chi connectivity index (χ3v) is 3.11. The lowest BCUT2D eigenvalue weighted by Crippen LogP contribution is -1.95. The zero-order valence-electron chi connectivity index (χ0n) is 9.60. The van der Waals surface area contributed by atoms with Crippen molar-refractivity contribution in [2.75, 3.05) is 0 Å². The van der Waals surface area contributed by atoms with Crippen molar-refractivity contribution in [2.24, 2.45) is 0 Å². The fourth-order valence-electron chi connectivity index (χ4n) is 1.38. The molecule has 0 radical (unpaired) electrons. The van der Waals surface area contributed by atoms with E-state index >= 15 is 0 Å². The zero-order valence-corrected chi connectivity index (χ0v) is 11.9. The summed E-state index contributed by atoms with van der Waals surface area (Å²) in [5, 5.41) is 9.88. The molecule has 1 aromatic carbocycles. The lowest BCUT2D eigenvalue weighted by atomic mass is 10.2. The van der Waals surface area contributed by atoms with Crippen molar-refractivity contribution in [3.8, 4) is 11.5 Å². The van der Waals surface area contributed by atoms with Gasteiger partial charge in [-0.1, -0.05) is 27.5 Å². The molecule has 5 heteroatoms. The van der Waals surface area contributed by atoms with Gasteiger partial charge in [0.1, 0.15) is 11.5 Å². The third-order valence-electron chi connectivity index (χ3n) is 2.31. The molecular formula is C13H11BrClNO2. The Kier molecular flexibility index (Phi) is 4.22.